The summed E-state index contributed by atoms with van der Waals surface area (Å²) >= 11 is 0. The maximum absolute atomic E-state index is 12.6. The number of nitrogens with one attached hydrogen (secondary N) is 3. The molecule has 0 spiro atoms. The van der Waals surface area contributed by atoms with Crippen molar-refractivity contribution < 1.29 is 19.0 Å². The van der Waals surface area contributed by atoms with Crippen LogP contribution in [0.3, 0.4) is 0 Å². The van der Waals surface area contributed by atoms with Gasteiger partial charge in [-0.15, -0.1) is 0 Å². The van der Waals surface area contributed by atoms with Gasteiger partial charge in [0, 0.05) is 48.0 Å². The molecule has 0 saturated heterocycles. The van der Waals surface area contributed by atoms with Crippen LogP contribution in [0.25, 0.3) is 44.3 Å². The summed E-state index contributed by atoms with van der Waals surface area (Å²) in [6.45, 7) is 5.60. The number of fused-ring (bicyclic) bond motifs is 2. The van der Waals surface area contributed by atoms with E-state index in [1.54, 1.807) is 39.0 Å². The molecule has 5 N–H and O–H groups in total. The zero-order valence-electron chi connectivity index (χ0n) is 32.4. The standard InChI is InChI=1S/C24H30N4O3.C19H22N4O/c1-24(2,3)31-23(29)28-21(16-7-5-6-8-16)22-26-18-13-17(15-9-11-25-12-10-15)20(30-4)14-19(18)27-22;1-24-17-11-16-15(10-14(17)12-6-8-21-9-7-12)22-19(23-16)18(20)13-4-2-3-5-13/h9-14,16,21H,5-8H2,1-4H3,(H,26,27)(H,28,29);6-11,13,18H,2-5,20H2,1H3,(H,22,23)/t21-;18-/m11/s1. The number of aromatic nitrogens is 6. The SMILES string of the molecule is COc1cc2nc([C@H](N)C3CCCC3)[nH]c2cc1-c1ccncc1.COc1cc2nc([C@H](NC(=O)OC(C)(C)C)C3CCCC3)[nH]c2cc1-c1ccncc1. The first-order chi connectivity index (χ1) is 26.6. The van der Waals surface area contributed by atoms with E-state index in [2.05, 4.69) is 31.3 Å². The Morgan fingerprint density at radius 3 is 1.65 bits per heavy atom. The van der Waals surface area contributed by atoms with Gasteiger partial charge in [0.2, 0.25) is 0 Å². The zero-order valence-corrected chi connectivity index (χ0v) is 32.4. The van der Waals surface area contributed by atoms with E-state index in [0.29, 0.717) is 11.8 Å². The molecule has 1 amide bonds. The zero-order chi connectivity index (χ0) is 38.5. The van der Waals surface area contributed by atoms with Crippen LogP contribution in [0, 0.1) is 11.8 Å². The second kappa shape index (κ2) is 16.5. The third kappa shape index (κ3) is 8.75. The Morgan fingerprint density at radius 2 is 1.18 bits per heavy atom. The molecule has 0 radical (unpaired) electrons. The average molecular weight is 745 g/mol. The van der Waals surface area contributed by atoms with Gasteiger partial charge in [-0.1, -0.05) is 25.7 Å². The van der Waals surface area contributed by atoms with Crippen LogP contribution >= 0.6 is 0 Å². The van der Waals surface area contributed by atoms with Gasteiger partial charge in [0.15, 0.2) is 0 Å². The first kappa shape index (κ1) is 37.8. The molecule has 6 aromatic rings. The number of benzene rings is 2. The number of alkyl carbamates (subject to hydrolysis) is 1. The Morgan fingerprint density at radius 1 is 0.727 bits per heavy atom. The number of hydrogen-bond donors (Lipinski definition) is 4. The number of amides is 1. The van der Waals surface area contributed by atoms with E-state index in [4.69, 9.17) is 29.9 Å². The Kier molecular flexibility index (Phi) is 11.3. The lowest BCUT2D eigenvalue weighted by Gasteiger charge is -2.26. The van der Waals surface area contributed by atoms with Gasteiger partial charge in [0.25, 0.3) is 0 Å². The van der Waals surface area contributed by atoms with Crippen molar-refractivity contribution in [2.75, 3.05) is 14.2 Å². The van der Waals surface area contributed by atoms with E-state index in [9.17, 15) is 4.79 Å². The number of H-pyrrole nitrogens is 2. The van der Waals surface area contributed by atoms with Crippen LogP contribution < -0.4 is 20.5 Å². The molecule has 8 rings (SSSR count). The average Bonchev–Trinajstić information content (AvgIpc) is 4.03. The smallest absolute Gasteiger partial charge is 0.408 e. The number of aromatic amines is 2. The lowest BCUT2D eigenvalue weighted by molar-refractivity contribution is 0.0482. The van der Waals surface area contributed by atoms with E-state index in [-0.39, 0.29) is 12.1 Å². The largest absolute Gasteiger partial charge is 0.496 e. The molecule has 2 fully saturated rings. The van der Waals surface area contributed by atoms with Crippen LogP contribution in [0.2, 0.25) is 0 Å². The summed E-state index contributed by atoms with van der Waals surface area (Å²) in [7, 11) is 3.34. The molecule has 55 heavy (non-hydrogen) atoms. The molecule has 0 aliphatic heterocycles. The molecule has 4 aromatic heterocycles. The number of hydrogen-bond acceptors (Lipinski definition) is 9. The number of carbonyl (C=O) groups is 1. The lowest BCUT2D eigenvalue weighted by atomic mass is 9.97. The van der Waals surface area contributed by atoms with Crippen LogP contribution in [0.5, 0.6) is 11.5 Å². The summed E-state index contributed by atoms with van der Waals surface area (Å²) < 4.78 is 16.7. The molecular weight excluding hydrogens is 693 g/mol. The summed E-state index contributed by atoms with van der Waals surface area (Å²) in [4.78, 5) is 37.2. The number of nitrogens with two attached hydrogens (primary N) is 1. The molecule has 2 aliphatic carbocycles. The molecular formula is C43H52N8O4. The number of carbonyl (C=O) groups excluding carboxylic acids is 1. The molecule has 2 atom stereocenters. The molecule has 288 valence electrons. The fourth-order valence-corrected chi connectivity index (χ4v) is 7.95. The summed E-state index contributed by atoms with van der Waals surface area (Å²) in [5.41, 5.74) is 13.6. The third-order valence-electron chi connectivity index (χ3n) is 10.7. The van der Waals surface area contributed by atoms with E-state index in [1.165, 1.54) is 25.7 Å². The van der Waals surface area contributed by atoms with Crippen molar-refractivity contribution in [1.29, 1.82) is 0 Å². The maximum Gasteiger partial charge on any atom is 0.408 e. The monoisotopic (exact) mass is 744 g/mol. The normalized spacial score (nSPS) is 16.1. The van der Waals surface area contributed by atoms with Gasteiger partial charge in [-0.25, -0.2) is 14.8 Å². The lowest BCUT2D eigenvalue weighted by Crippen LogP contribution is -2.37. The predicted molar refractivity (Wildman–Crippen MR) is 215 cm³/mol. The molecule has 2 aromatic carbocycles. The number of nitrogens with zero attached hydrogens (tertiary/aromatic N) is 4. The highest BCUT2D eigenvalue weighted by Gasteiger charge is 2.32. The van der Waals surface area contributed by atoms with Crippen LogP contribution in [-0.2, 0) is 4.74 Å². The van der Waals surface area contributed by atoms with Crippen LogP contribution in [0.1, 0.15) is 95.9 Å². The summed E-state index contributed by atoms with van der Waals surface area (Å²) in [6, 6.07) is 15.7. The Labute approximate surface area is 322 Å². The van der Waals surface area contributed by atoms with E-state index in [1.807, 2.05) is 63.2 Å². The van der Waals surface area contributed by atoms with Gasteiger partial charge in [-0.05, 0) is 106 Å². The van der Waals surface area contributed by atoms with Crippen LogP contribution in [-0.4, -0.2) is 55.8 Å². The minimum Gasteiger partial charge on any atom is -0.496 e. The third-order valence-corrected chi connectivity index (χ3v) is 10.7. The van der Waals surface area contributed by atoms with Crippen molar-refractivity contribution in [2.24, 2.45) is 17.6 Å². The highest BCUT2D eigenvalue weighted by Crippen LogP contribution is 2.39. The molecule has 12 nitrogen and oxygen atoms in total. The van der Waals surface area contributed by atoms with Gasteiger partial charge >= 0.3 is 6.09 Å². The fourth-order valence-electron chi connectivity index (χ4n) is 7.95. The molecule has 2 aliphatic rings. The van der Waals surface area contributed by atoms with Crippen molar-refractivity contribution in [3.63, 3.8) is 0 Å². The Hall–Kier alpha value is -5.49. The first-order valence-corrected chi connectivity index (χ1v) is 19.3. The molecule has 12 heteroatoms. The van der Waals surface area contributed by atoms with Gasteiger partial charge < -0.3 is 35.2 Å². The molecule has 0 bridgehead atoms. The summed E-state index contributed by atoms with van der Waals surface area (Å²) in [6.07, 6.45) is 16.1. The summed E-state index contributed by atoms with van der Waals surface area (Å²) in [5, 5.41) is 3.07. The van der Waals surface area contributed by atoms with Crippen molar-refractivity contribution in [3.05, 3.63) is 85.0 Å². The summed E-state index contributed by atoms with van der Waals surface area (Å²) in [5.74, 6) is 4.05. The van der Waals surface area contributed by atoms with Crippen LogP contribution in [0.15, 0.2) is 73.3 Å². The van der Waals surface area contributed by atoms with Crippen LogP contribution in [0.4, 0.5) is 4.79 Å². The van der Waals surface area contributed by atoms with Crippen molar-refractivity contribution in [2.45, 2.75) is 89.8 Å². The van der Waals surface area contributed by atoms with Gasteiger partial charge in [0.1, 0.15) is 28.7 Å². The van der Waals surface area contributed by atoms with Crippen molar-refractivity contribution >= 4 is 28.2 Å². The predicted octanol–water partition coefficient (Wildman–Crippen LogP) is 9.21. The van der Waals surface area contributed by atoms with Gasteiger partial charge in [-0.2, -0.15) is 0 Å². The van der Waals surface area contributed by atoms with E-state index >= 15 is 0 Å². The van der Waals surface area contributed by atoms with E-state index < -0.39 is 11.7 Å². The topological polar surface area (TPSA) is 166 Å². The first-order valence-electron chi connectivity index (χ1n) is 19.3. The quantitative estimate of drug-likeness (QED) is 0.113. The van der Waals surface area contributed by atoms with Gasteiger partial charge in [0.05, 0.1) is 48.4 Å². The highest BCUT2D eigenvalue weighted by atomic mass is 16.6. The Bertz CT molecular complexity index is 2200. The minimum absolute atomic E-state index is 0.0183. The van der Waals surface area contributed by atoms with Crippen molar-refractivity contribution in [3.8, 4) is 33.8 Å². The number of ether oxygens (including phenoxy) is 3. The molecule has 4 heterocycles. The fraction of sp³-hybridized carbons (Fsp3) is 0.419. The maximum atomic E-state index is 12.6. The van der Waals surface area contributed by atoms with E-state index in [0.717, 1.165) is 93.2 Å². The minimum atomic E-state index is -0.551. The number of methoxy groups -OCH3 is 2. The Balaban J connectivity index is 0.000000174. The number of imidazole rings is 2. The second-order valence-corrected chi connectivity index (χ2v) is 15.6. The number of pyridine rings is 2. The highest BCUT2D eigenvalue weighted by molar-refractivity contribution is 5.87. The number of rotatable bonds is 9. The second-order valence-electron chi connectivity index (χ2n) is 15.6. The molecule has 0 unspecified atom stereocenters. The van der Waals surface area contributed by atoms with Crippen molar-refractivity contribution in [1.82, 2.24) is 35.2 Å². The molecule has 2 saturated carbocycles. The van der Waals surface area contributed by atoms with Gasteiger partial charge in [-0.3, -0.25) is 9.97 Å².